The first-order chi connectivity index (χ1) is 14.8. The van der Waals surface area contributed by atoms with Gasteiger partial charge in [0.05, 0.1) is 23.5 Å². The topological polar surface area (TPSA) is 130 Å². The van der Waals surface area contributed by atoms with Gasteiger partial charge in [-0.1, -0.05) is 11.6 Å². The summed E-state index contributed by atoms with van der Waals surface area (Å²) in [5, 5.41) is 3.02. The second-order valence-electron chi connectivity index (χ2n) is 6.43. The van der Waals surface area contributed by atoms with E-state index in [1.54, 1.807) is 42.5 Å². The van der Waals surface area contributed by atoms with E-state index in [1.807, 2.05) is 6.92 Å². The first kappa shape index (κ1) is 21.8. The lowest BCUT2D eigenvalue weighted by Crippen LogP contribution is -2.29. The van der Waals surface area contributed by atoms with E-state index in [2.05, 4.69) is 15.3 Å². The summed E-state index contributed by atoms with van der Waals surface area (Å²) in [6.45, 7) is 2.35. The molecule has 0 fully saturated rings. The number of carbonyl (C=O) groups excluding carboxylic acids is 3. The lowest BCUT2D eigenvalue weighted by molar-refractivity contribution is 0.0958. The predicted octanol–water partition coefficient (Wildman–Crippen LogP) is 3.09. The van der Waals surface area contributed by atoms with E-state index in [1.165, 1.54) is 18.3 Å². The predicted molar refractivity (Wildman–Crippen MR) is 117 cm³/mol. The van der Waals surface area contributed by atoms with Crippen LogP contribution < -0.4 is 20.7 Å². The summed E-state index contributed by atoms with van der Waals surface area (Å²) in [4.78, 5) is 44.3. The Morgan fingerprint density at radius 3 is 2.52 bits per heavy atom. The first-order valence-corrected chi connectivity index (χ1v) is 9.64. The maximum Gasteiger partial charge on any atom is 0.279 e. The summed E-state index contributed by atoms with van der Waals surface area (Å²) in [5.41, 5.74) is 6.46. The molecule has 0 aliphatic carbocycles. The van der Waals surface area contributed by atoms with Crippen molar-refractivity contribution < 1.29 is 19.1 Å². The highest BCUT2D eigenvalue weighted by atomic mass is 35.5. The number of nitrogens with one attached hydrogen (secondary N) is 2. The zero-order chi connectivity index (χ0) is 22.5. The van der Waals surface area contributed by atoms with Crippen LogP contribution in [-0.4, -0.2) is 41.3 Å². The molecule has 3 rings (SSSR count). The van der Waals surface area contributed by atoms with Crippen LogP contribution in [0.4, 0.5) is 11.4 Å². The number of imidazole rings is 1. The molecular formula is C21H20ClN5O4. The molecule has 0 saturated heterocycles. The number of H-pyrrole nitrogens is 1. The van der Waals surface area contributed by atoms with Crippen LogP contribution in [0.15, 0.2) is 48.8 Å². The van der Waals surface area contributed by atoms with Crippen molar-refractivity contribution in [3.05, 3.63) is 70.8 Å². The third kappa shape index (κ3) is 4.84. The van der Waals surface area contributed by atoms with E-state index in [0.717, 1.165) is 0 Å². The Labute approximate surface area is 183 Å². The van der Waals surface area contributed by atoms with Crippen LogP contribution in [0.25, 0.3) is 0 Å². The van der Waals surface area contributed by atoms with E-state index in [-0.39, 0.29) is 22.3 Å². The fraction of sp³-hybridized carbons (Fsp3) is 0.143. The second kappa shape index (κ2) is 9.31. The average molecular weight is 442 g/mol. The number of aromatic amines is 1. The van der Waals surface area contributed by atoms with Gasteiger partial charge in [0.15, 0.2) is 5.69 Å². The van der Waals surface area contributed by atoms with Gasteiger partial charge in [-0.05, 0) is 49.4 Å². The van der Waals surface area contributed by atoms with Crippen molar-refractivity contribution in [2.24, 2.45) is 5.73 Å². The van der Waals surface area contributed by atoms with Gasteiger partial charge in [0.2, 0.25) is 0 Å². The molecule has 10 heteroatoms. The summed E-state index contributed by atoms with van der Waals surface area (Å²) >= 11 is 6.19. The number of halogens is 1. The molecule has 3 aromatic rings. The van der Waals surface area contributed by atoms with E-state index < -0.39 is 11.8 Å². The molecule has 1 aromatic heterocycles. The van der Waals surface area contributed by atoms with E-state index in [0.29, 0.717) is 29.3 Å². The number of rotatable bonds is 7. The van der Waals surface area contributed by atoms with Gasteiger partial charge in [-0.3, -0.25) is 14.4 Å². The van der Waals surface area contributed by atoms with Crippen molar-refractivity contribution >= 4 is 40.7 Å². The molecule has 1 heterocycles. The molecule has 9 nitrogen and oxygen atoms in total. The highest BCUT2D eigenvalue weighted by Crippen LogP contribution is 2.24. The monoisotopic (exact) mass is 441 g/mol. The third-order valence-corrected chi connectivity index (χ3v) is 4.71. The molecule has 0 bridgehead atoms. The highest BCUT2D eigenvalue weighted by molar-refractivity contribution is 6.34. The van der Waals surface area contributed by atoms with Gasteiger partial charge in [0.25, 0.3) is 17.7 Å². The fourth-order valence-electron chi connectivity index (χ4n) is 2.82. The van der Waals surface area contributed by atoms with E-state index in [4.69, 9.17) is 22.1 Å². The fourth-order valence-corrected chi connectivity index (χ4v) is 3.08. The van der Waals surface area contributed by atoms with Gasteiger partial charge in [0.1, 0.15) is 11.4 Å². The number of ether oxygens (including phenoxy) is 1. The van der Waals surface area contributed by atoms with Crippen LogP contribution in [0.3, 0.4) is 0 Å². The van der Waals surface area contributed by atoms with Crippen LogP contribution in [0.2, 0.25) is 5.02 Å². The Bertz CT molecular complexity index is 1130. The van der Waals surface area contributed by atoms with Crippen molar-refractivity contribution in [1.82, 2.24) is 9.97 Å². The molecule has 3 amide bonds. The number of anilines is 2. The molecule has 4 N–H and O–H groups in total. The zero-order valence-corrected chi connectivity index (χ0v) is 17.6. The van der Waals surface area contributed by atoms with E-state index >= 15 is 0 Å². The van der Waals surface area contributed by atoms with Crippen LogP contribution in [0, 0.1) is 0 Å². The Morgan fingerprint density at radius 1 is 1.19 bits per heavy atom. The van der Waals surface area contributed by atoms with Gasteiger partial charge in [0, 0.05) is 18.4 Å². The van der Waals surface area contributed by atoms with Crippen molar-refractivity contribution in [1.29, 1.82) is 0 Å². The van der Waals surface area contributed by atoms with Crippen LogP contribution in [-0.2, 0) is 0 Å². The summed E-state index contributed by atoms with van der Waals surface area (Å²) in [6.07, 6.45) is 1.23. The number of amides is 3. The van der Waals surface area contributed by atoms with Crippen molar-refractivity contribution in [3.63, 3.8) is 0 Å². The lowest BCUT2D eigenvalue weighted by atomic mass is 10.2. The summed E-state index contributed by atoms with van der Waals surface area (Å²) < 4.78 is 5.36. The van der Waals surface area contributed by atoms with Crippen LogP contribution in [0.1, 0.15) is 38.3 Å². The number of benzene rings is 2. The van der Waals surface area contributed by atoms with E-state index in [9.17, 15) is 14.4 Å². The average Bonchev–Trinajstić information content (AvgIpc) is 3.24. The Kier molecular flexibility index (Phi) is 6.56. The smallest absolute Gasteiger partial charge is 0.279 e. The van der Waals surface area contributed by atoms with Crippen LogP contribution in [0.5, 0.6) is 5.75 Å². The molecule has 160 valence electrons. The Hall–Kier alpha value is -3.85. The number of aromatic nitrogens is 2. The molecule has 31 heavy (non-hydrogen) atoms. The summed E-state index contributed by atoms with van der Waals surface area (Å²) in [5.74, 6) is -1.08. The first-order valence-electron chi connectivity index (χ1n) is 9.26. The number of hydrogen-bond donors (Lipinski definition) is 3. The molecule has 0 aliphatic rings. The van der Waals surface area contributed by atoms with Crippen molar-refractivity contribution in [3.8, 4) is 5.75 Å². The summed E-state index contributed by atoms with van der Waals surface area (Å²) in [6, 6.07) is 11.4. The molecule has 0 spiro atoms. The minimum Gasteiger partial charge on any atom is -0.494 e. The Balaban J connectivity index is 1.71. The SMILES string of the molecule is CCOc1ccc(C(=O)Nc2ccc(N(C)C(=O)c3nc[nH]c3C(N)=O)cc2)c(Cl)c1. The maximum atomic E-state index is 12.6. The lowest BCUT2D eigenvalue weighted by Gasteiger charge is -2.17. The number of primary amides is 1. The molecule has 0 atom stereocenters. The quantitative estimate of drug-likeness (QED) is 0.518. The molecule has 0 saturated carbocycles. The minimum absolute atomic E-state index is 0.0621. The standard InChI is InChI=1S/C21H20ClN5O4/c1-3-31-14-8-9-15(16(22)10-14)20(29)26-12-4-6-13(7-5-12)27(2)21(30)18-17(19(23)28)24-11-25-18/h4-11H,3H2,1-2H3,(H2,23,28)(H,24,25)(H,26,29). The number of carbonyl (C=O) groups is 3. The molecule has 0 aliphatic heterocycles. The van der Waals surface area contributed by atoms with Gasteiger partial charge in [-0.2, -0.15) is 0 Å². The number of nitrogens with zero attached hydrogens (tertiary/aromatic N) is 2. The molecule has 0 radical (unpaired) electrons. The normalized spacial score (nSPS) is 10.4. The number of nitrogens with two attached hydrogens (primary N) is 1. The van der Waals surface area contributed by atoms with Crippen molar-refractivity contribution in [2.45, 2.75) is 6.92 Å². The molecule has 0 unspecified atom stereocenters. The molecule has 2 aromatic carbocycles. The highest BCUT2D eigenvalue weighted by Gasteiger charge is 2.22. The maximum absolute atomic E-state index is 12.6. The van der Waals surface area contributed by atoms with Gasteiger partial charge in [-0.15, -0.1) is 0 Å². The summed E-state index contributed by atoms with van der Waals surface area (Å²) in [7, 11) is 1.54. The largest absolute Gasteiger partial charge is 0.494 e. The zero-order valence-electron chi connectivity index (χ0n) is 16.8. The Morgan fingerprint density at radius 2 is 1.90 bits per heavy atom. The van der Waals surface area contributed by atoms with Gasteiger partial charge in [-0.25, -0.2) is 4.98 Å². The number of hydrogen-bond acceptors (Lipinski definition) is 5. The second-order valence-corrected chi connectivity index (χ2v) is 6.84. The van der Waals surface area contributed by atoms with Crippen molar-refractivity contribution in [2.75, 3.05) is 23.9 Å². The third-order valence-electron chi connectivity index (χ3n) is 4.40. The van der Waals surface area contributed by atoms with Gasteiger partial charge >= 0.3 is 0 Å². The van der Waals surface area contributed by atoms with Crippen LogP contribution >= 0.6 is 11.6 Å². The molecular weight excluding hydrogens is 422 g/mol. The van der Waals surface area contributed by atoms with Gasteiger partial charge < -0.3 is 25.7 Å². The minimum atomic E-state index is -0.778.